The first kappa shape index (κ1) is 14.6. The summed E-state index contributed by atoms with van der Waals surface area (Å²) in [6, 6.07) is 9.79. The van der Waals surface area contributed by atoms with Crippen LogP contribution in [0.1, 0.15) is 76.0 Å². The normalized spacial score (nSPS) is 35.0. The molecule has 0 bridgehead atoms. The quantitative estimate of drug-likeness (QED) is 0.681. The monoisotopic (exact) mass is 281 g/mol. The van der Waals surface area contributed by atoms with Gasteiger partial charge in [-0.2, -0.15) is 5.26 Å². The van der Waals surface area contributed by atoms with Gasteiger partial charge in [0, 0.05) is 0 Å². The fourth-order valence-corrected chi connectivity index (χ4v) is 5.00. The number of hydrogen-bond donors (Lipinski definition) is 0. The number of fused-ring (bicyclic) bond motifs is 3. The van der Waals surface area contributed by atoms with E-state index in [4.69, 9.17) is 0 Å². The molecule has 0 spiro atoms. The summed E-state index contributed by atoms with van der Waals surface area (Å²) in [5.74, 6) is 1.11. The average molecular weight is 281 g/mol. The molecule has 0 N–H and O–H groups in total. The van der Waals surface area contributed by atoms with E-state index < -0.39 is 0 Å². The Labute approximate surface area is 129 Å². The molecule has 0 heterocycles. The van der Waals surface area contributed by atoms with Crippen molar-refractivity contribution in [1.82, 2.24) is 0 Å². The van der Waals surface area contributed by atoms with Gasteiger partial charge in [0.15, 0.2) is 0 Å². The molecule has 0 saturated heterocycles. The van der Waals surface area contributed by atoms with Gasteiger partial charge in [0.25, 0.3) is 0 Å². The maximum absolute atomic E-state index is 9.72. The standard InChI is InChI=1S/C20H27N/c1-14(2)15-6-8-17-16(12-15)7-9-18-19(3,13-21)10-5-11-20(17,18)4/h6,8,12,14,18H,5,7,9-11H2,1-4H3. The summed E-state index contributed by atoms with van der Waals surface area (Å²) in [7, 11) is 0. The summed E-state index contributed by atoms with van der Waals surface area (Å²) < 4.78 is 0. The largest absolute Gasteiger partial charge is 0.198 e. The first-order valence-electron chi connectivity index (χ1n) is 8.45. The number of aryl methyl sites for hydroxylation is 1. The molecule has 1 saturated carbocycles. The van der Waals surface area contributed by atoms with E-state index >= 15 is 0 Å². The molecule has 1 fully saturated rings. The predicted octanol–water partition coefficient (Wildman–Crippen LogP) is 5.34. The van der Waals surface area contributed by atoms with E-state index in [1.165, 1.54) is 30.4 Å². The number of hydrogen-bond acceptors (Lipinski definition) is 1. The predicted molar refractivity (Wildman–Crippen MR) is 87.3 cm³/mol. The second kappa shape index (κ2) is 4.87. The van der Waals surface area contributed by atoms with E-state index in [1.807, 2.05) is 0 Å². The van der Waals surface area contributed by atoms with E-state index in [0.717, 1.165) is 12.8 Å². The molecule has 3 atom stereocenters. The van der Waals surface area contributed by atoms with Crippen LogP contribution in [0.25, 0.3) is 0 Å². The molecule has 112 valence electrons. The minimum atomic E-state index is -0.137. The minimum absolute atomic E-state index is 0.137. The lowest BCUT2D eigenvalue weighted by Crippen LogP contribution is -2.48. The lowest BCUT2D eigenvalue weighted by Gasteiger charge is -2.53. The second-order valence-corrected chi connectivity index (χ2v) is 7.96. The lowest BCUT2D eigenvalue weighted by atomic mass is 9.50. The van der Waals surface area contributed by atoms with Gasteiger partial charge in [0.2, 0.25) is 0 Å². The molecule has 0 radical (unpaired) electrons. The van der Waals surface area contributed by atoms with Crippen LogP contribution in [0.15, 0.2) is 18.2 Å². The zero-order valence-corrected chi connectivity index (χ0v) is 13.9. The molecular weight excluding hydrogens is 254 g/mol. The van der Waals surface area contributed by atoms with Crippen molar-refractivity contribution < 1.29 is 0 Å². The maximum atomic E-state index is 9.72. The Morgan fingerprint density at radius 3 is 2.67 bits per heavy atom. The van der Waals surface area contributed by atoms with Gasteiger partial charge in [-0.3, -0.25) is 0 Å². The van der Waals surface area contributed by atoms with Gasteiger partial charge in [-0.15, -0.1) is 0 Å². The lowest BCUT2D eigenvalue weighted by molar-refractivity contribution is 0.0688. The van der Waals surface area contributed by atoms with Crippen molar-refractivity contribution in [3.8, 4) is 6.07 Å². The van der Waals surface area contributed by atoms with Crippen LogP contribution >= 0.6 is 0 Å². The molecule has 1 aromatic carbocycles. The van der Waals surface area contributed by atoms with E-state index in [9.17, 15) is 5.26 Å². The number of nitriles is 1. The van der Waals surface area contributed by atoms with Gasteiger partial charge in [-0.05, 0) is 66.5 Å². The smallest absolute Gasteiger partial charge is 0.0690 e. The highest BCUT2D eigenvalue weighted by Crippen LogP contribution is 2.57. The minimum Gasteiger partial charge on any atom is -0.198 e. The number of rotatable bonds is 1. The van der Waals surface area contributed by atoms with E-state index in [0.29, 0.717) is 11.8 Å². The SMILES string of the molecule is CC(C)c1ccc2c(c1)CCC1C(C)(C#N)CCCC21C. The molecule has 3 unspecified atom stereocenters. The summed E-state index contributed by atoms with van der Waals surface area (Å²) in [6.07, 6.45) is 5.82. The van der Waals surface area contributed by atoms with Gasteiger partial charge < -0.3 is 0 Å². The van der Waals surface area contributed by atoms with Crippen molar-refractivity contribution in [3.05, 3.63) is 34.9 Å². The maximum Gasteiger partial charge on any atom is 0.0690 e. The summed E-state index contributed by atoms with van der Waals surface area (Å²) in [6.45, 7) is 9.15. The fourth-order valence-electron chi connectivity index (χ4n) is 5.00. The molecule has 2 aliphatic carbocycles. The highest BCUT2D eigenvalue weighted by Gasteiger charge is 2.51. The summed E-state index contributed by atoms with van der Waals surface area (Å²) in [5.41, 5.74) is 4.59. The molecule has 2 aliphatic rings. The average Bonchev–Trinajstić information content (AvgIpc) is 2.46. The summed E-state index contributed by atoms with van der Waals surface area (Å²) >= 11 is 0. The molecule has 3 rings (SSSR count). The second-order valence-electron chi connectivity index (χ2n) is 7.96. The van der Waals surface area contributed by atoms with Crippen LogP contribution in [0.4, 0.5) is 0 Å². The van der Waals surface area contributed by atoms with Crippen LogP contribution in [0.2, 0.25) is 0 Å². The van der Waals surface area contributed by atoms with Crippen molar-refractivity contribution in [1.29, 1.82) is 5.26 Å². The number of nitrogens with zero attached hydrogens (tertiary/aromatic N) is 1. The highest BCUT2D eigenvalue weighted by molar-refractivity contribution is 5.42. The van der Waals surface area contributed by atoms with Crippen molar-refractivity contribution in [3.63, 3.8) is 0 Å². The fraction of sp³-hybridized carbons (Fsp3) is 0.650. The Hall–Kier alpha value is -1.29. The molecule has 0 aromatic heterocycles. The Morgan fingerprint density at radius 1 is 1.24 bits per heavy atom. The van der Waals surface area contributed by atoms with Gasteiger partial charge in [-0.25, -0.2) is 0 Å². The summed E-state index contributed by atoms with van der Waals surface area (Å²) in [5, 5.41) is 9.72. The van der Waals surface area contributed by atoms with Crippen LogP contribution in [0.5, 0.6) is 0 Å². The van der Waals surface area contributed by atoms with Gasteiger partial charge in [-0.1, -0.05) is 45.4 Å². The third-order valence-corrected chi connectivity index (χ3v) is 6.30. The Bertz CT molecular complexity index is 594. The van der Waals surface area contributed by atoms with Gasteiger partial charge in [0.05, 0.1) is 11.5 Å². The topological polar surface area (TPSA) is 23.8 Å². The van der Waals surface area contributed by atoms with Crippen LogP contribution < -0.4 is 0 Å². The van der Waals surface area contributed by atoms with Crippen molar-refractivity contribution in [2.45, 2.75) is 71.1 Å². The van der Waals surface area contributed by atoms with E-state index in [-0.39, 0.29) is 10.8 Å². The first-order valence-corrected chi connectivity index (χ1v) is 8.45. The molecular formula is C20H27N. The van der Waals surface area contributed by atoms with E-state index in [1.54, 1.807) is 5.56 Å². The number of benzene rings is 1. The van der Waals surface area contributed by atoms with Crippen molar-refractivity contribution in [2.75, 3.05) is 0 Å². The van der Waals surface area contributed by atoms with Gasteiger partial charge in [0.1, 0.15) is 0 Å². The Balaban J connectivity index is 2.08. The Morgan fingerprint density at radius 2 is 2.00 bits per heavy atom. The Kier molecular flexibility index (Phi) is 3.40. The van der Waals surface area contributed by atoms with Crippen LogP contribution in [-0.4, -0.2) is 0 Å². The molecule has 1 nitrogen and oxygen atoms in total. The molecule has 0 amide bonds. The molecule has 21 heavy (non-hydrogen) atoms. The molecule has 1 heteroatoms. The van der Waals surface area contributed by atoms with Gasteiger partial charge >= 0.3 is 0 Å². The zero-order chi connectivity index (χ0) is 15.3. The molecule has 1 aromatic rings. The first-order chi connectivity index (χ1) is 9.90. The van der Waals surface area contributed by atoms with Crippen LogP contribution in [-0.2, 0) is 11.8 Å². The third kappa shape index (κ3) is 2.11. The van der Waals surface area contributed by atoms with Crippen LogP contribution in [0, 0.1) is 22.7 Å². The van der Waals surface area contributed by atoms with Crippen molar-refractivity contribution >= 4 is 0 Å². The highest BCUT2D eigenvalue weighted by atomic mass is 14.6. The third-order valence-electron chi connectivity index (χ3n) is 6.30. The van der Waals surface area contributed by atoms with Crippen molar-refractivity contribution in [2.24, 2.45) is 11.3 Å². The zero-order valence-electron chi connectivity index (χ0n) is 13.9. The molecule has 0 aliphatic heterocycles. The summed E-state index contributed by atoms with van der Waals surface area (Å²) in [4.78, 5) is 0. The van der Waals surface area contributed by atoms with Crippen LogP contribution in [0.3, 0.4) is 0 Å². The van der Waals surface area contributed by atoms with E-state index in [2.05, 4.69) is 52.0 Å².